The molecular weight excluding hydrogens is 286 g/mol. The van der Waals surface area contributed by atoms with Gasteiger partial charge in [0.1, 0.15) is 0 Å². The minimum absolute atomic E-state index is 0.413. The summed E-state index contributed by atoms with van der Waals surface area (Å²) < 4.78 is 0. The number of hydrogen-bond donors (Lipinski definition) is 1. The van der Waals surface area contributed by atoms with Crippen molar-refractivity contribution in [3.8, 4) is 0 Å². The summed E-state index contributed by atoms with van der Waals surface area (Å²) in [6.45, 7) is 2.46. The van der Waals surface area contributed by atoms with Gasteiger partial charge in [0, 0.05) is 24.0 Å². The van der Waals surface area contributed by atoms with Gasteiger partial charge in [-0.3, -0.25) is 15.3 Å². The summed E-state index contributed by atoms with van der Waals surface area (Å²) in [6.07, 6.45) is 3.68. The van der Waals surface area contributed by atoms with Gasteiger partial charge in [0.25, 0.3) is 0 Å². The molecule has 1 aliphatic heterocycles. The number of rotatable bonds is 3. The van der Waals surface area contributed by atoms with Crippen LogP contribution in [0.3, 0.4) is 0 Å². The highest BCUT2D eigenvalue weighted by atomic mass is 16.5. The minimum Gasteiger partial charge on any atom is -0.289 e. The van der Waals surface area contributed by atoms with Crippen molar-refractivity contribution < 1.29 is 5.21 Å². The average Bonchev–Trinajstić information content (AvgIpc) is 2.55. The second-order valence-corrected chi connectivity index (χ2v) is 5.53. The molecule has 0 saturated heterocycles. The van der Waals surface area contributed by atoms with Crippen LogP contribution in [0.15, 0.2) is 70.3 Å². The first-order chi connectivity index (χ1) is 11.2. The topological polar surface area (TPSA) is 48.2 Å². The summed E-state index contributed by atoms with van der Waals surface area (Å²) in [4.78, 5) is 8.78. The summed E-state index contributed by atoms with van der Waals surface area (Å²) in [7, 11) is 1.71. The molecule has 0 spiro atoms. The van der Waals surface area contributed by atoms with Crippen molar-refractivity contribution >= 4 is 11.9 Å². The van der Waals surface area contributed by atoms with Crippen LogP contribution in [0.25, 0.3) is 6.08 Å². The van der Waals surface area contributed by atoms with E-state index < -0.39 is 0 Å². The molecule has 0 radical (unpaired) electrons. The first-order valence-corrected chi connectivity index (χ1v) is 7.51. The fraction of sp³-hybridized carbons (Fsp3) is 0.158. The molecule has 2 aromatic rings. The molecule has 0 fully saturated rings. The quantitative estimate of drug-likeness (QED) is 0.884. The van der Waals surface area contributed by atoms with Gasteiger partial charge < -0.3 is 0 Å². The van der Waals surface area contributed by atoms with Gasteiger partial charge in [-0.05, 0) is 30.7 Å². The molecule has 0 amide bonds. The van der Waals surface area contributed by atoms with Crippen molar-refractivity contribution in [3.05, 3.63) is 82.0 Å². The zero-order valence-corrected chi connectivity index (χ0v) is 13.3. The van der Waals surface area contributed by atoms with Gasteiger partial charge in [-0.25, -0.2) is 4.99 Å². The van der Waals surface area contributed by atoms with Crippen LogP contribution in [0, 0.1) is 6.92 Å². The van der Waals surface area contributed by atoms with Crippen LogP contribution < -0.4 is 10.6 Å². The Bertz CT molecular complexity index is 883. The SMILES string of the molecule is CN=C1N=c2ccc(C)cc2=C/C1=C/N(O)Cc1ccccc1. The molecule has 3 rings (SSSR count). The van der Waals surface area contributed by atoms with E-state index in [4.69, 9.17) is 0 Å². The maximum Gasteiger partial charge on any atom is 0.156 e. The summed E-state index contributed by atoms with van der Waals surface area (Å²) >= 11 is 0. The van der Waals surface area contributed by atoms with Crippen molar-refractivity contribution in [1.29, 1.82) is 0 Å². The Morgan fingerprint density at radius 3 is 2.70 bits per heavy atom. The summed E-state index contributed by atoms with van der Waals surface area (Å²) in [5.41, 5.74) is 3.01. The Balaban J connectivity index is 1.94. The summed E-state index contributed by atoms with van der Waals surface area (Å²) in [5.74, 6) is 0.619. The van der Waals surface area contributed by atoms with Crippen LogP contribution >= 0.6 is 0 Å². The highest BCUT2D eigenvalue weighted by molar-refractivity contribution is 6.06. The minimum atomic E-state index is 0.413. The van der Waals surface area contributed by atoms with Gasteiger partial charge in [0.2, 0.25) is 0 Å². The third kappa shape index (κ3) is 3.55. The largest absolute Gasteiger partial charge is 0.289 e. The average molecular weight is 305 g/mol. The van der Waals surface area contributed by atoms with Crippen LogP contribution in [0.2, 0.25) is 0 Å². The third-order valence-corrected chi connectivity index (χ3v) is 3.67. The molecule has 1 heterocycles. The van der Waals surface area contributed by atoms with Crippen molar-refractivity contribution in [1.82, 2.24) is 5.06 Å². The third-order valence-electron chi connectivity index (χ3n) is 3.67. The zero-order valence-electron chi connectivity index (χ0n) is 13.3. The molecule has 0 bridgehead atoms. The van der Waals surface area contributed by atoms with Gasteiger partial charge in [0.05, 0.1) is 11.9 Å². The smallest absolute Gasteiger partial charge is 0.156 e. The maximum atomic E-state index is 10.2. The normalized spacial score (nSPS) is 16.7. The first-order valence-electron chi connectivity index (χ1n) is 7.51. The molecule has 1 N–H and O–H groups in total. The molecule has 116 valence electrons. The lowest BCUT2D eigenvalue weighted by molar-refractivity contribution is -0.0493. The van der Waals surface area contributed by atoms with Gasteiger partial charge in [-0.15, -0.1) is 0 Å². The standard InChI is InChI=1S/C19H19N3O/c1-14-8-9-18-16(10-14)11-17(19(20-2)21-18)13-22(23)12-15-6-4-3-5-7-15/h3-11,13,23H,12H2,1-2H3/b17-13-,20-19?. The Morgan fingerprint density at radius 1 is 1.17 bits per heavy atom. The van der Waals surface area contributed by atoms with E-state index in [1.165, 1.54) is 10.6 Å². The number of hydroxylamine groups is 2. The molecule has 0 aromatic heterocycles. The molecule has 4 heteroatoms. The van der Waals surface area contributed by atoms with E-state index in [-0.39, 0.29) is 0 Å². The molecule has 2 aromatic carbocycles. The van der Waals surface area contributed by atoms with E-state index in [0.717, 1.165) is 21.7 Å². The summed E-state index contributed by atoms with van der Waals surface area (Å²) in [6, 6.07) is 15.9. The predicted molar refractivity (Wildman–Crippen MR) is 91.6 cm³/mol. The van der Waals surface area contributed by atoms with E-state index in [0.29, 0.717) is 12.4 Å². The van der Waals surface area contributed by atoms with Crippen LogP contribution in [0.5, 0.6) is 0 Å². The second kappa shape index (κ2) is 6.58. The number of fused-ring (bicyclic) bond motifs is 1. The molecule has 0 atom stereocenters. The van der Waals surface area contributed by atoms with Crippen molar-refractivity contribution in [2.45, 2.75) is 13.5 Å². The Kier molecular flexibility index (Phi) is 4.35. The van der Waals surface area contributed by atoms with Crippen molar-refractivity contribution in [2.24, 2.45) is 9.98 Å². The van der Waals surface area contributed by atoms with Crippen LogP contribution in [-0.2, 0) is 6.54 Å². The Labute approximate surface area is 135 Å². The highest BCUT2D eigenvalue weighted by Gasteiger charge is 2.10. The maximum absolute atomic E-state index is 10.2. The lowest BCUT2D eigenvalue weighted by Gasteiger charge is -2.15. The van der Waals surface area contributed by atoms with Crippen LogP contribution in [0.4, 0.5) is 0 Å². The predicted octanol–water partition coefficient (Wildman–Crippen LogP) is 2.21. The number of aliphatic imine (C=N–C) groups is 1. The van der Waals surface area contributed by atoms with E-state index >= 15 is 0 Å². The van der Waals surface area contributed by atoms with Crippen LogP contribution in [0.1, 0.15) is 11.1 Å². The molecule has 4 nitrogen and oxygen atoms in total. The van der Waals surface area contributed by atoms with Gasteiger partial charge >= 0.3 is 0 Å². The molecule has 0 saturated carbocycles. The molecule has 0 aliphatic carbocycles. The Hall–Kier alpha value is -2.72. The summed E-state index contributed by atoms with van der Waals surface area (Å²) in [5, 5.41) is 13.3. The van der Waals surface area contributed by atoms with E-state index in [2.05, 4.69) is 23.0 Å². The van der Waals surface area contributed by atoms with E-state index in [1.807, 2.05) is 48.5 Å². The van der Waals surface area contributed by atoms with Gasteiger partial charge in [0.15, 0.2) is 5.84 Å². The fourth-order valence-electron chi connectivity index (χ4n) is 2.55. The second-order valence-electron chi connectivity index (χ2n) is 5.53. The zero-order chi connectivity index (χ0) is 16.2. The molecule has 23 heavy (non-hydrogen) atoms. The van der Waals surface area contributed by atoms with Crippen molar-refractivity contribution in [2.75, 3.05) is 7.05 Å². The number of benzene rings is 2. The lowest BCUT2D eigenvalue weighted by Crippen LogP contribution is -2.31. The monoisotopic (exact) mass is 305 g/mol. The molecular formula is C19H19N3O. The fourth-order valence-corrected chi connectivity index (χ4v) is 2.55. The van der Waals surface area contributed by atoms with E-state index in [1.54, 1.807) is 13.2 Å². The van der Waals surface area contributed by atoms with Gasteiger partial charge in [-0.1, -0.05) is 42.0 Å². The van der Waals surface area contributed by atoms with Gasteiger partial charge in [-0.2, -0.15) is 0 Å². The number of hydrogen-bond acceptors (Lipinski definition) is 3. The number of nitrogens with zero attached hydrogens (tertiary/aromatic N) is 3. The molecule has 0 unspecified atom stereocenters. The number of amidine groups is 1. The number of aryl methyl sites for hydroxylation is 1. The van der Waals surface area contributed by atoms with Crippen molar-refractivity contribution in [3.63, 3.8) is 0 Å². The lowest BCUT2D eigenvalue weighted by atomic mass is 10.1. The Morgan fingerprint density at radius 2 is 1.96 bits per heavy atom. The highest BCUT2D eigenvalue weighted by Crippen LogP contribution is 2.09. The van der Waals surface area contributed by atoms with Crippen LogP contribution in [-0.4, -0.2) is 23.2 Å². The van der Waals surface area contributed by atoms with E-state index in [9.17, 15) is 5.21 Å². The first kappa shape index (κ1) is 15.2. The molecule has 1 aliphatic rings.